The van der Waals surface area contributed by atoms with Crippen molar-refractivity contribution in [1.29, 1.82) is 0 Å². The van der Waals surface area contributed by atoms with Crippen LogP contribution in [0.15, 0.2) is 18.2 Å². The number of pyridine rings is 1. The van der Waals surface area contributed by atoms with Crippen LogP contribution in [-0.2, 0) is 6.42 Å². The lowest BCUT2D eigenvalue weighted by Crippen LogP contribution is -2.14. The Kier molecular flexibility index (Phi) is 5.26. The Morgan fingerprint density at radius 2 is 2.12 bits per heavy atom. The fraction of sp³-hybridized carbons (Fsp3) is 0.615. The van der Waals surface area contributed by atoms with Gasteiger partial charge in [0.05, 0.1) is 12.7 Å². The molecule has 3 nitrogen and oxygen atoms in total. The van der Waals surface area contributed by atoms with E-state index in [0.29, 0.717) is 24.8 Å². The largest absolute Gasteiger partial charge is 0.478 e. The van der Waals surface area contributed by atoms with E-state index in [4.69, 9.17) is 4.74 Å². The molecule has 0 radical (unpaired) electrons. The van der Waals surface area contributed by atoms with Gasteiger partial charge in [-0.2, -0.15) is 0 Å². The second-order valence-electron chi connectivity index (χ2n) is 4.39. The van der Waals surface area contributed by atoms with Crippen LogP contribution in [0.2, 0.25) is 0 Å². The van der Waals surface area contributed by atoms with Crippen LogP contribution in [0.3, 0.4) is 0 Å². The van der Waals surface area contributed by atoms with E-state index < -0.39 is 0 Å². The third-order valence-electron chi connectivity index (χ3n) is 2.26. The molecule has 1 unspecified atom stereocenters. The summed E-state index contributed by atoms with van der Waals surface area (Å²) in [5.41, 5.74) is 0.888. The lowest BCUT2D eigenvalue weighted by atomic mass is 10.0. The summed E-state index contributed by atoms with van der Waals surface area (Å²) >= 11 is 0. The summed E-state index contributed by atoms with van der Waals surface area (Å²) in [6.07, 6.45) is 1.09. The Bertz CT molecular complexity index is 313. The number of aliphatic hydroxyl groups excluding tert-OH is 1. The summed E-state index contributed by atoms with van der Waals surface area (Å²) in [4.78, 5) is 4.33. The van der Waals surface area contributed by atoms with E-state index in [-0.39, 0.29) is 6.10 Å². The fourth-order valence-corrected chi connectivity index (χ4v) is 1.67. The van der Waals surface area contributed by atoms with Crippen LogP contribution in [0.5, 0.6) is 5.88 Å². The smallest absolute Gasteiger partial charge is 0.213 e. The first-order valence-corrected chi connectivity index (χ1v) is 5.88. The molecule has 3 heteroatoms. The third kappa shape index (κ3) is 4.62. The highest BCUT2D eigenvalue weighted by molar-refractivity contribution is 5.16. The van der Waals surface area contributed by atoms with Gasteiger partial charge in [0, 0.05) is 18.2 Å². The summed E-state index contributed by atoms with van der Waals surface area (Å²) in [7, 11) is 0. The molecule has 1 aromatic rings. The van der Waals surface area contributed by atoms with E-state index in [1.807, 2.05) is 25.1 Å². The summed E-state index contributed by atoms with van der Waals surface area (Å²) in [5.74, 6) is 1.14. The monoisotopic (exact) mass is 223 g/mol. The zero-order valence-electron chi connectivity index (χ0n) is 10.3. The molecule has 0 aliphatic heterocycles. The molecular weight excluding hydrogens is 202 g/mol. The molecule has 0 amide bonds. The number of nitrogens with zero attached hydrogens (tertiary/aromatic N) is 1. The Balaban J connectivity index is 2.55. The van der Waals surface area contributed by atoms with Gasteiger partial charge in [-0.1, -0.05) is 19.9 Å². The van der Waals surface area contributed by atoms with Crippen molar-refractivity contribution in [3.05, 3.63) is 23.9 Å². The predicted molar refractivity (Wildman–Crippen MR) is 64.6 cm³/mol. The Morgan fingerprint density at radius 3 is 2.75 bits per heavy atom. The molecule has 0 aromatic carbocycles. The van der Waals surface area contributed by atoms with Crippen molar-refractivity contribution in [1.82, 2.24) is 4.98 Å². The van der Waals surface area contributed by atoms with Crippen LogP contribution in [0.4, 0.5) is 0 Å². The van der Waals surface area contributed by atoms with Crippen molar-refractivity contribution in [2.75, 3.05) is 6.61 Å². The quantitative estimate of drug-likeness (QED) is 0.805. The van der Waals surface area contributed by atoms with Crippen LogP contribution < -0.4 is 4.74 Å². The first kappa shape index (κ1) is 13.0. The molecule has 16 heavy (non-hydrogen) atoms. The van der Waals surface area contributed by atoms with Gasteiger partial charge in [0.25, 0.3) is 0 Å². The Labute approximate surface area is 97.5 Å². The highest BCUT2D eigenvalue weighted by atomic mass is 16.5. The number of aliphatic hydroxyl groups is 1. The summed E-state index contributed by atoms with van der Waals surface area (Å²) in [5, 5.41) is 9.81. The molecule has 0 spiro atoms. The van der Waals surface area contributed by atoms with Crippen LogP contribution in [0.25, 0.3) is 0 Å². The number of ether oxygens (including phenoxy) is 1. The number of hydrogen-bond donors (Lipinski definition) is 1. The van der Waals surface area contributed by atoms with Crippen molar-refractivity contribution < 1.29 is 9.84 Å². The molecule has 1 heterocycles. The van der Waals surface area contributed by atoms with Crippen molar-refractivity contribution >= 4 is 0 Å². The molecule has 1 N–H and O–H groups in total. The van der Waals surface area contributed by atoms with Gasteiger partial charge in [0.1, 0.15) is 0 Å². The highest BCUT2D eigenvalue weighted by Crippen LogP contribution is 2.12. The number of rotatable bonds is 6. The molecule has 0 saturated heterocycles. The number of hydrogen-bond acceptors (Lipinski definition) is 3. The third-order valence-corrected chi connectivity index (χ3v) is 2.26. The predicted octanol–water partition coefficient (Wildman–Crippen LogP) is 2.43. The van der Waals surface area contributed by atoms with Gasteiger partial charge < -0.3 is 9.84 Å². The highest BCUT2D eigenvalue weighted by Gasteiger charge is 2.09. The van der Waals surface area contributed by atoms with E-state index in [9.17, 15) is 5.11 Å². The van der Waals surface area contributed by atoms with Gasteiger partial charge >= 0.3 is 0 Å². The average Bonchev–Trinajstić information content (AvgIpc) is 2.17. The molecule has 1 aromatic heterocycles. The first-order chi connectivity index (χ1) is 7.61. The van der Waals surface area contributed by atoms with Gasteiger partial charge in [-0.25, -0.2) is 4.98 Å². The zero-order valence-corrected chi connectivity index (χ0v) is 10.3. The maximum Gasteiger partial charge on any atom is 0.213 e. The van der Waals surface area contributed by atoms with E-state index in [2.05, 4.69) is 18.8 Å². The van der Waals surface area contributed by atoms with Gasteiger partial charge in [-0.05, 0) is 25.3 Å². The molecule has 0 bridgehead atoms. The zero-order chi connectivity index (χ0) is 12.0. The molecule has 90 valence electrons. The topological polar surface area (TPSA) is 42.4 Å². The molecule has 0 aliphatic carbocycles. The summed E-state index contributed by atoms with van der Waals surface area (Å²) in [6.45, 7) is 6.76. The maximum absolute atomic E-state index is 9.81. The minimum atomic E-state index is -0.315. The van der Waals surface area contributed by atoms with Crippen LogP contribution in [0, 0.1) is 5.92 Å². The molecule has 1 rings (SSSR count). The molecule has 1 atom stereocenters. The van der Waals surface area contributed by atoms with Crippen molar-refractivity contribution in [3.63, 3.8) is 0 Å². The fourth-order valence-electron chi connectivity index (χ4n) is 1.67. The van der Waals surface area contributed by atoms with Crippen LogP contribution in [0.1, 0.15) is 32.9 Å². The van der Waals surface area contributed by atoms with Crippen LogP contribution in [-0.4, -0.2) is 22.8 Å². The van der Waals surface area contributed by atoms with Gasteiger partial charge in [-0.3, -0.25) is 0 Å². The van der Waals surface area contributed by atoms with Crippen LogP contribution >= 0.6 is 0 Å². The molecular formula is C13H21NO2. The Morgan fingerprint density at radius 1 is 1.38 bits per heavy atom. The summed E-state index contributed by atoms with van der Waals surface area (Å²) in [6, 6.07) is 5.67. The van der Waals surface area contributed by atoms with Crippen molar-refractivity contribution in [2.24, 2.45) is 5.92 Å². The normalized spacial score (nSPS) is 12.8. The standard InChI is InChI=1S/C13H21NO2/c1-4-16-13-7-5-6-11(14-13)9-12(15)8-10(2)3/h5-7,10,12,15H,4,8-9H2,1-3H3. The second-order valence-corrected chi connectivity index (χ2v) is 4.39. The summed E-state index contributed by atoms with van der Waals surface area (Å²) < 4.78 is 5.32. The van der Waals surface area contributed by atoms with Gasteiger partial charge in [0.15, 0.2) is 0 Å². The van der Waals surface area contributed by atoms with E-state index >= 15 is 0 Å². The van der Waals surface area contributed by atoms with Gasteiger partial charge in [-0.15, -0.1) is 0 Å². The van der Waals surface area contributed by atoms with E-state index in [0.717, 1.165) is 12.1 Å². The molecule has 0 saturated carbocycles. The van der Waals surface area contributed by atoms with E-state index in [1.54, 1.807) is 0 Å². The molecule has 0 aliphatic rings. The first-order valence-electron chi connectivity index (χ1n) is 5.88. The van der Waals surface area contributed by atoms with Crippen molar-refractivity contribution in [3.8, 4) is 5.88 Å². The van der Waals surface area contributed by atoms with E-state index in [1.165, 1.54) is 0 Å². The minimum Gasteiger partial charge on any atom is -0.478 e. The second kappa shape index (κ2) is 6.48. The van der Waals surface area contributed by atoms with Gasteiger partial charge in [0.2, 0.25) is 5.88 Å². The maximum atomic E-state index is 9.81. The van der Waals surface area contributed by atoms with Crippen molar-refractivity contribution in [2.45, 2.75) is 39.7 Å². The molecule has 0 fully saturated rings. The number of aromatic nitrogens is 1. The lowest BCUT2D eigenvalue weighted by Gasteiger charge is -2.12. The lowest BCUT2D eigenvalue weighted by molar-refractivity contribution is 0.148. The Hall–Kier alpha value is -1.09. The minimum absolute atomic E-state index is 0.315. The SMILES string of the molecule is CCOc1cccc(CC(O)CC(C)C)n1. The average molecular weight is 223 g/mol.